The van der Waals surface area contributed by atoms with Gasteiger partial charge in [0.25, 0.3) is 5.91 Å². The van der Waals surface area contributed by atoms with E-state index in [1.165, 1.54) is 0 Å². The Bertz CT molecular complexity index is 1060. The fourth-order valence-electron chi connectivity index (χ4n) is 3.69. The van der Waals surface area contributed by atoms with Gasteiger partial charge in [-0.2, -0.15) is 0 Å². The molecule has 1 aromatic heterocycles. The number of ketones is 1. The minimum atomic E-state index is -0.374. The number of carbonyl (C=O) groups excluding carboxylic acids is 2. The minimum Gasteiger partial charge on any atom is -0.493 e. The summed E-state index contributed by atoms with van der Waals surface area (Å²) in [7, 11) is 3.18. The van der Waals surface area contributed by atoms with Gasteiger partial charge in [-0.1, -0.05) is 6.07 Å². The van der Waals surface area contributed by atoms with Crippen LogP contribution < -0.4 is 9.47 Å². The van der Waals surface area contributed by atoms with Gasteiger partial charge in [-0.05, 0) is 54.8 Å². The zero-order valence-electron chi connectivity index (χ0n) is 16.6. The molecule has 1 saturated heterocycles. The Morgan fingerprint density at radius 1 is 0.966 bits per heavy atom. The Balaban J connectivity index is 1.56. The summed E-state index contributed by atoms with van der Waals surface area (Å²) >= 11 is 0. The van der Waals surface area contributed by atoms with Crippen molar-refractivity contribution in [2.75, 3.05) is 27.3 Å². The molecular formula is C23H23NO5. The molecule has 3 aromatic rings. The number of nitrogens with zero attached hydrogens (tertiary/aromatic N) is 1. The molecular weight excluding hydrogens is 370 g/mol. The number of furan rings is 1. The van der Waals surface area contributed by atoms with Crippen molar-refractivity contribution in [3.05, 3.63) is 48.0 Å². The van der Waals surface area contributed by atoms with Crippen molar-refractivity contribution in [3.63, 3.8) is 0 Å². The molecule has 0 saturated carbocycles. The van der Waals surface area contributed by atoms with E-state index in [9.17, 15) is 9.59 Å². The zero-order valence-corrected chi connectivity index (χ0v) is 16.6. The fourth-order valence-corrected chi connectivity index (χ4v) is 3.69. The van der Waals surface area contributed by atoms with Gasteiger partial charge in [0, 0.05) is 30.5 Å². The third-order valence-electron chi connectivity index (χ3n) is 5.25. The van der Waals surface area contributed by atoms with Crippen molar-refractivity contribution in [3.8, 4) is 22.8 Å². The molecule has 0 spiro atoms. The van der Waals surface area contributed by atoms with Crippen molar-refractivity contribution in [1.29, 1.82) is 0 Å². The maximum Gasteiger partial charge on any atom is 0.290 e. The van der Waals surface area contributed by atoms with Crippen LogP contribution in [0.15, 0.2) is 46.9 Å². The van der Waals surface area contributed by atoms with Gasteiger partial charge in [0.1, 0.15) is 11.3 Å². The summed E-state index contributed by atoms with van der Waals surface area (Å²) in [6, 6.07) is 13.1. The van der Waals surface area contributed by atoms with Crippen molar-refractivity contribution < 1.29 is 23.5 Å². The predicted molar refractivity (Wildman–Crippen MR) is 109 cm³/mol. The van der Waals surface area contributed by atoms with E-state index in [2.05, 4.69) is 0 Å². The minimum absolute atomic E-state index is 0.0994. The SMILES string of the molecule is COc1ccc(-c2cc3cc(CC(=O)C(=O)N4CCCC4)ccc3o2)cc1OC. The Kier molecular flexibility index (Phi) is 5.25. The highest BCUT2D eigenvalue weighted by atomic mass is 16.5. The third-order valence-corrected chi connectivity index (χ3v) is 5.25. The smallest absolute Gasteiger partial charge is 0.290 e. The van der Waals surface area contributed by atoms with Crippen LogP contribution in [0.2, 0.25) is 0 Å². The lowest BCUT2D eigenvalue weighted by atomic mass is 10.1. The molecule has 1 fully saturated rings. The van der Waals surface area contributed by atoms with E-state index in [1.54, 1.807) is 19.1 Å². The van der Waals surface area contributed by atoms with Crippen LogP contribution >= 0.6 is 0 Å². The summed E-state index contributed by atoms with van der Waals surface area (Å²) in [5.74, 6) is 1.22. The standard InChI is InChI=1S/C23H23NO5/c1-27-20-8-6-16(13-22(20)28-2)21-14-17-11-15(5-7-19(17)29-21)12-18(25)23(26)24-9-3-4-10-24/h5-8,11,13-14H,3-4,9-10,12H2,1-2H3. The van der Waals surface area contributed by atoms with Crippen molar-refractivity contribution >= 4 is 22.7 Å². The largest absolute Gasteiger partial charge is 0.493 e. The molecule has 0 aliphatic carbocycles. The molecule has 4 rings (SSSR count). The van der Waals surface area contributed by atoms with E-state index in [-0.39, 0.29) is 18.1 Å². The first kappa shape index (κ1) is 19.1. The zero-order chi connectivity index (χ0) is 20.4. The number of Topliss-reactive ketones (excluding diaryl/α,β-unsaturated/α-hetero) is 1. The van der Waals surface area contributed by atoms with E-state index in [4.69, 9.17) is 13.9 Å². The topological polar surface area (TPSA) is 69.0 Å². The Morgan fingerprint density at radius 2 is 1.72 bits per heavy atom. The summed E-state index contributed by atoms with van der Waals surface area (Å²) < 4.78 is 16.6. The first-order valence-corrected chi connectivity index (χ1v) is 9.66. The predicted octanol–water partition coefficient (Wildman–Crippen LogP) is 3.85. The molecule has 2 heterocycles. The number of ether oxygens (including phenoxy) is 2. The monoisotopic (exact) mass is 393 g/mol. The average molecular weight is 393 g/mol. The van der Waals surface area contributed by atoms with Gasteiger partial charge in [-0.25, -0.2) is 0 Å². The van der Waals surface area contributed by atoms with Gasteiger partial charge < -0.3 is 18.8 Å². The Hall–Kier alpha value is -3.28. The highest BCUT2D eigenvalue weighted by Crippen LogP contribution is 2.35. The number of likely N-dealkylation sites (tertiary alicyclic amines) is 1. The maximum atomic E-state index is 12.4. The number of hydrogen-bond acceptors (Lipinski definition) is 5. The summed E-state index contributed by atoms with van der Waals surface area (Å²) in [4.78, 5) is 26.3. The summed E-state index contributed by atoms with van der Waals surface area (Å²) in [5.41, 5.74) is 2.38. The van der Waals surface area contributed by atoms with Gasteiger partial charge in [0.2, 0.25) is 5.78 Å². The number of fused-ring (bicyclic) bond motifs is 1. The third kappa shape index (κ3) is 3.83. The highest BCUT2D eigenvalue weighted by Gasteiger charge is 2.24. The molecule has 0 N–H and O–H groups in total. The quantitative estimate of drug-likeness (QED) is 0.595. The molecule has 1 aliphatic rings. The van der Waals surface area contributed by atoms with Crippen LogP contribution in [0.1, 0.15) is 18.4 Å². The van der Waals surface area contributed by atoms with Crippen LogP contribution in [0.25, 0.3) is 22.3 Å². The van der Waals surface area contributed by atoms with Crippen molar-refractivity contribution in [1.82, 2.24) is 4.90 Å². The maximum absolute atomic E-state index is 12.4. The van der Waals surface area contributed by atoms with Crippen LogP contribution in [-0.2, 0) is 16.0 Å². The highest BCUT2D eigenvalue weighted by molar-refractivity contribution is 6.36. The second-order valence-corrected chi connectivity index (χ2v) is 7.15. The van der Waals surface area contributed by atoms with Crippen LogP contribution in [0.3, 0.4) is 0 Å². The lowest BCUT2D eigenvalue weighted by Gasteiger charge is -2.13. The number of amides is 1. The van der Waals surface area contributed by atoms with Crippen LogP contribution in [0.4, 0.5) is 0 Å². The second kappa shape index (κ2) is 7.99. The number of hydrogen-bond donors (Lipinski definition) is 0. The van der Waals surface area contributed by atoms with Gasteiger partial charge >= 0.3 is 0 Å². The molecule has 0 radical (unpaired) electrons. The van der Waals surface area contributed by atoms with E-state index in [1.807, 2.05) is 42.5 Å². The molecule has 150 valence electrons. The molecule has 1 amide bonds. The molecule has 29 heavy (non-hydrogen) atoms. The first-order valence-electron chi connectivity index (χ1n) is 9.66. The lowest BCUT2D eigenvalue weighted by Crippen LogP contribution is -2.34. The summed E-state index contributed by atoms with van der Waals surface area (Å²) in [5, 5.41) is 0.883. The van der Waals surface area contributed by atoms with Crippen LogP contribution in [-0.4, -0.2) is 43.9 Å². The summed E-state index contributed by atoms with van der Waals surface area (Å²) in [6.07, 6.45) is 2.04. The molecule has 1 aliphatic heterocycles. The molecule has 0 atom stereocenters. The van der Waals surface area contributed by atoms with E-state index in [0.717, 1.165) is 34.9 Å². The Labute approximate surface area is 169 Å². The van der Waals surface area contributed by atoms with Gasteiger partial charge in [0.05, 0.1) is 14.2 Å². The van der Waals surface area contributed by atoms with Crippen LogP contribution in [0, 0.1) is 0 Å². The molecule has 0 unspecified atom stereocenters. The fraction of sp³-hybridized carbons (Fsp3) is 0.304. The number of methoxy groups -OCH3 is 2. The second-order valence-electron chi connectivity index (χ2n) is 7.15. The van der Waals surface area contributed by atoms with Crippen molar-refractivity contribution in [2.24, 2.45) is 0 Å². The van der Waals surface area contributed by atoms with Crippen LogP contribution in [0.5, 0.6) is 11.5 Å². The normalized spacial score (nSPS) is 13.7. The lowest BCUT2D eigenvalue weighted by molar-refractivity contribution is -0.143. The van der Waals surface area contributed by atoms with E-state index < -0.39 is 0 Å². The van der Waals surface area contributed by atoms with Gasteiger partial charge in [-0.15, -0.1) is 0 Å². The molecule has 6 heteroatoms. The van der Waals surface area contributed by atoms with Gasteiger partial charge in [-0.3, -0.25) is 9.59 Å². The number of benzene rings is 2. The average Bonchev–Trinajstić information content (AvgIpc) is 3.42. The number of rotatable bonds is 6. The molecule has 0 bridgehead atoms. The Morgan fingerprint density at radius 3 is 2.45 bits per heavy atom. The molecule has 6 nitrogen and oxygen atoms in total. The summed E-state index contributed by atoms with van der Waals surface area (Å²) in [6.45, 7) is 1.36. The first-order chi connectivity index (χ1) is 14.1. The van der Waals surface area contributed by atoms with E-state index >= 15 is 0 Å². The van der Waals surface area contributed by atoms with Gasteiger partial charge in [0.15, 0.2) is 11.5 Å². The number of carbonyl (C=O) groups is 2. The van der Waals surface area contributed by atoms with Crippen molar-refractivity contribution in [2.45, 2.75) is 19.3 Å². The van der Waals surface area contributed by atoms with E-state index in [0.29, 0.717) is 30.3 Å². The molecule has 2 aromatic carbocycles.